The Morgan fingerprint density at radius 2 is 1.48 bits per heavy atom. The molecule has 0 saturated carbocycles. The summed E-state index contributed by atoms with van der Waals surface area (Å²) < 4.78 is 0. The van der Waals surface area contributed by atoms with Crippen LogP contribution < -0.4 is 21.7 Å². The number of carboxylic acids is 1. The molecule has 27 heavy (non-hydrogen) atoms. The molecule has 0 aromatic heterocycles. The Hall–Kier alpha value is -1.89. The quantitative estimate of drug-likeness (QED) is 0.164. The number of nitrogens with two attached hydrogens (primary N) is 1. The first kappa shape index (κ1) is 25.1. The zero-order valence-electron chi connectivity index (χ0n) is 15.4. The molecule has 5 atom stereocenters. The molecule has 0 spiro atoms. The van der Waals surface area contributed by atoms with E-state index in [2.05, 4.69) is 28.6 Å². The molecule has 12 heteroatoms. The van der Waals surface area contributed by atoms with Crippen LogP contribution in [0, 0.1) is 5.92 Å². The number of aliphatic carboxylic acids is 1. The second-order valence-corrected chi connectivity index (χ2v) is 6.69. The average molecular weight is 408 g/mol. The summed E-state index contributed by atoms with van der Waals surface area (Å²) in [6, 6.07) is -5.15. The van der Waals surface area contributed by atoms with Crippen LogP contribution in [0.4, 0.5) is 0 Å². The summed E-state index contributed by atoms with van der Waals surface area (Å²) in [5, 5.41) is 34.5. The van der Waals surface area contributed by atoms with Gasteiger partial charge >= 0.3 is 5.97 Å². The van der Waals surface area contributed by atoms with Gasteiger partial charge < -0.3 is 37.0 Å². The van der Waals surface area contributed by atoms with Crippen molar-refractivity contribution in [1.82, 2.24) is 16.0 Å². The molecular formula is C15H28N4O7S. The monoisotopic (exact) mass is 408 g/mol. The van der Waals surface area contributed by atoms with Crippen molar-refractivity contribution in [2.24, 2.45) is 11.7 Å². The molecule has 0 aliphatic heterocycles. The number of aliphatic hydroxyl groups excluding tert-OH is 2. The fraction of sp³-hybridized carbons (Fsp3) is 0.733. The van der Waals surface area contributed by atoms with Crippen molar-refractivity contribution in [1.29, 1.82) is 0 Å². The lowest BCUT2D eigenvalue weighted by atomic mass is 10.0. The van der Waals surface area contributed by atoms with Gasteiger partial charge in [0.25, 0.3) is 0 Å². The average Bonchev–Trinajstić information content (AvgIpc) is 2.59. The predicted octanol–water partition coefficient (Wildman–Crippen LogP) is -3.19. The number of carbonyl (C=O) groups excluding carboxylic acids is 3. The van der Waals surface area contributed by atoms with E-state index in [-0.39, 0.29) is 11.7 Å². The van der Waals surface area contributed by atoms with Crippen molar-refractivity contribution in [2.45, 2.75) is 51.0 Å². The summed E-state index contributed by atoms with van der Waals surface area (Å²) >= 11 is 3.79. The Labute approximate surface area is 162 Å². The van der Waals surface area contributed by atoms with Crippen LogP contribution in [-0.4, -0.2) is 81.6 Å². The summed E-state index contributed by atoms with van der Waals surface area (Å²) in [6.07, 6.45) is -1.32. The standard InChI is InChI=1S/C15H28N4O7S/c1-6(2)10(16)13(23)19-11(7(3)21)14(24)17-8(4-20)12(22)18-9(5-27)15(25)26/h6-11,20-21,27H,4-5,16H2,1-3H3,(H,17,24)(H,18,22)(H,19,23)(H,25,26). The fourth-order valence-corrected chi connectivity index (χ4v) is 2.12. The smallest absolute Gasteiger partial charge is 0.327 e. The number of aliphatic hydroxyl groups is 2. The minimum Gasteiger partial charge on any atom is -0.480 e. The Bertz CT molecular complexity index is 544. The molecule has 0 aliphatic rings. The third-order valence-electron chi connectivity index (χ3n) is 3.70. The number of carbonyl (C=O) groups is 4. The highest BCUT2D eigenvalue weighted by molar-refractivity contribution is 7.80. The highest BCUT2D eigenvalue weighted by atomic mass is 32.1. The molecule has 0 rings (SSSR count). The van der Waals surface area contributed by atoms with Gasteiger partial charge in [0.05, 0.1) is 18.8 Å². The topological polar surface area (TPSA) is 191 Å². The maximum Gasteiger partial charge on any atom is 0.327 e. The summed E-state index contributed by atoms with van der Waals surface area (Å²) in [4.78, 5) is 47.3. The van der Waals surface area contributed by atoms with Crippen molar-refractivity contribution in [2.75, 3.05) is 12.4 Å². The van der Waals surface area contributed by atoms with E-state index in [9.17, 15) is 29.4 Å². The van der Waals surface area contributed by atoms with Gasteiger partial charge in [-0.1, -0.05) is 13.8 Å². The summed E-state index contributed by atoms with van der Waals surface area (Å²) in [6.45, 7) is 3.82. The zero-order chi connectivity index (χ0) is 21.3. The van der Waals surface area contributed by atoms with Crippen LogP contribution in [0.1, 0.15) is 20.8 Å². The molecule has 0 radical (unpaired) electrons. The Morgan fingerprint density at radius 1 is 0.963 bits per heavy atom. The van der Waals surface area contributed by atoms with E-state index < -0.39 is 60.6 Å². The van der Waals surface area contributed by atoms with Crippen LogP contribution in [0.2, 0.25) is 0 Å². The molecule has 5 unspecified atom stereocenters. The van der Waals surface area contributed by atoms with Crippen molar-refractivity contribution in [3.63, 3.8) is 0 Å². The normalized spacial score (nSPS) is 16.6. The zero-order valence-corrected chi connectivity index (χ0v) is 16.3. The second-order valence-electron chi connectivity index (χ2n) is 6.32. The van der Waals surface area contributed by atoms with E-state index in [4.69, 9.17) is 10.8 Å². The molecule has 8 N–H and O–H groups in total. The van der Waals surface area contributed by atoms with Crippen molar-refractivity contribution < 1.29 is 34.5 Å². The highest BCUT2D eigenvalue weighted by Gasteiger charge is 2.32. The van der Waals surface area contributed by atoms with E-state index in [0.29, 0.717) is 0 Å². The number of hydrogen-bond donors (Lipinski definition) is 8. The van der Waals surface area contributed by atoms with Gasteiger partial charge in [-0.05, 0) is 12.8 Å². The lowest BCUT2D eigenvalue weighted by molar-refractivity contribution is -0.142. The largest absolute Gasteiger partial charge is 0.480 e. The van der Waals surface area contributed by atoms with Gasteiger partial charge in [-0.2, -0.15) is 12.6 Å². The minimum absolute atomic E-state index is 0.202. The molecule has 156 valence electrons. The summed E-state index contributed by atoms with van der Waals surface area (Å²) in [5.74, 6) is -4.32. The molecule has 0 aromatic rings. The number of amides is 3. The lowest BCUT2D eigenvalue weighted by Gasteiger charge is -2.26. The summed E-state index contributed by atoms with van der Waals surface area (Å²) in [5.41, 5.74) is 5.69. The Balaban J connectivity index is 5.10. The van der Waals surface area contributed by atoms with Gasteiger partial charge in [0.2, 0.25) is 17.7 Å². The van der Waals surface area contributed by atoms with Gasteiger partial charge in [0.15, 0.2) is 0 Å². The van der Waals surface area contributed by atoms with Crippen molar-refractivity contribution in [3.05, 3.63) is 0 Å². The maximum absolute atomic E-state index is 12.3. The molecule has 0 heterocycles. The molecule has 0 aliphatic carbocycles. The van der Waals surface area contributed by atoms with Gasteiger partial charge in [-0.25, -0.2) is 4.79 Å². The number of nitrogens with one attached hydrogen (secondary N) is 3. The minimum atomic E-state index is -1.49. The van der Waals surface area contributed by atoms with Crippen LogP contribution in [0.25, 0.3) is 0 Å². The molecule has 0 saturated heterocycles. The Kier molecular flexibility index (Phi) is 10.9. The van der Waals surface area contributed by atoms with E-state index in [1.165, 1.54) is 6.92 Å². The third kappa shape index (κ3) is 8.12. The van der Waals surface area contributed by atoms with E-state index in [0.717, 1.165) is 0 Å². The van der Waals surface area contributed by atoms with Gasteiger partial charge in [0, 0.05) is 5.75 Å². The number of rotatable bonds is 11. The third-order valence-corrected chi connectivity index (χ3v) is 4.06. The SMILES string of the molecule is CC(C)C(N)C(=O)NC(C(=O)NC(CO)C(=O)NC(CS)C(=O)O)C(C)O. The van der Waals surface area contributed by atoms with Crippen LogP contribution in [0.5, 0.6) is 0 Å². The number of thiol groups is 1. The van der Waals surface area contributed by atoms with Crippen molar-refractivity contribution in [3.8, 4) is 0 Å². The molecule has 0 bridgehead atoms. The van der Waals surface area contributed by atoms with Gasteiger partial charge in [-0.3, -0.25) is 14.4 Å². The van der Waals surface area contributed by atoms with Crippen molar-refractivity contribution >= 4 is 36.3 Å². The van der Waals surface area contributed by atoms with E-state index in [1.54, 1.807) is 13.8 Å². The van der Waals surface area contributed by atoms with Gasteiger partial charge in [-0.15, -0.1) is 0 Å². The number of carboxylic acid groups (broad SMARTS) is 1. The first-order valence-electron chi connectivity index (χ1n) is 8.25. The molecule has 0 aromatic carbocycles. The predicted molar refractivity (Wildman–Crippen MR) is 98.9 cm³/mol. The second kappa shape index (κ2) is 11.7. The molecule has 3 amide bonds. The van der Waals surface area contributed by atoms with Crippen LogP contribution in [0.15, 0.2) is 0 Å². The Morgan fingerprint density at radius 3 is 1.85 bits per heavy atom. The van der Waals surface area contributed by atoms with Crippen LogP contribution >= 0.6 is 12.6 Å². The first-order chi connectivity index (χ1) is 12.5. The lowest BCUT2D eigenvalue weighted by Crippen LogP contribution is -2.61. The summed E-state index contributed by atoms with van der Waals surface area (Å²) in [7, 11) is 0. The number of hydrogen-bond acceptors (Lipinski definition) is 8. The van der Waals surface area contributed by atoms with Crippen LogP contribution in [-0.2, 0) is 19.2 Å². The molecule has 0 fully saturated rings. The van der Waals surface area contributed by atoms with Gasteiger partial charge in [0.1, 0.15) is 18.1 Å². The van der Waals surface area contributed by atoms with Crippen LogP contribution in [0.3, 0.4) is 0 Å². The first-order valence-corrected chi connectivity index (χ1v) is 8.88. The molecule has 11 nitrogen and oxygen atoms in total. The van der Waals surface area contributed by atoms with E-state index in [1.807, 2.05) is 0 Å². The molecular weight excluding hydrogens is 380 g/mol. The maximum atomic E-state index is 12.3. The fourth-order valence-electron chi connectivity index (χ4n) is 1.87. The van der Waals surface area contributed by atoms with E-state index >= 15 is 0 Å². The highest BCUT2D eigenvalue weighted by Crippen LogP contribution is 2.02.